The maximum Gasteiger partial charge on any atom is 0.0415 e. The molecule has 0 aliphatic heterocycles. The fourth-order valence-corrected chi connectivity index (χ4v) is 2.94. The zero-order chi connectivity index (χ0) is 10.1. The van der Waals surface area contributed by atoms with Crippen LogP contribution in [-0.4, -0.2) is 4.98 Å². The topological polar surface area (TPSA) is 15.8 Å². The smallest absolute Gasteiger partial charge is 0.0415 e. The molecule has 2 aliphatic carbocycles. The van der Waals surface area contributed by atoms with E-state index in [-0.39, 0.29) is 0 Å². The molecule has 15 heavy (non-hydrogen) atoms. The van der Waals surface area contributed by atoms with Gasteiger partial charge in [0.25, 0.3) is 0 Å². The SMILES string of the molecule is C1=c2[nH]c3c(c2=CCC1)CCCCCC3. The molecule has 3 rings (SSSR count). The second-order valence-corrected chi connectivity index (χ2v) is 4.81. The van der Waals surface area contributed by atoms with E-state index < -0.39 is 0 Å². The Hall–Kier alpha value is -0.980. The van der Waals surface area contributed by atoms with Crippen LogP contribution in [0.4, 0.5) is 0 Å². The summed E-state index contributed by atoms with van der Waals surface area (Å²) in [4.78, 5) is 3.64. The molecule has 0 unspecified atom stereocenters. The number of aromatic nitrogens is 1. The fourth-order valence-electron chi connectivity index (χ4n) is 2.94. The van der Waals surface area contributed by atoms with Crippen molar-refractivity contribution in [1.29, 1.82) is 0 Å². The van der Waals surface area contributed by atoms with Crippen LogP contribution in [0.5, 0.6) is 0 Å². The van der Waals surface area contributed by atoms with Crippen LogP contribution in [0.3, 0.4) is 0 Å². The van der Waals surface area contributed by atoms with Gasteiger partial charge in [0.2, 0.25) is 0 Å². The highest BCUT2D eigenvalue weighted by molar-refractivity contribution is 5.42. The van der Waals surface area contributed by atoms with Crippen LogP contribution in [0, 0.1) is 0 Å². The van der Waals surface area contributed by atoms with Crippen molar-refractivity contribution >= 4 is 12.2 Å². The molecular formula is C14H19N. The Labute approximate surface area is 90.9 Å². The zero-order valence-corrected chi connectivity index (χ0v) is 9.31. The first kappa shape index (κ1) is 9.26. The molecule has 0 bridgehead atoms. The van der Waals surface area contributed by atoms with Gasteiger partial charge in [0, 0.05) is 11.0 Å². The molecular weight excluding hydrogens is 182 g/mol. The summed E-state index contributed by atoms with van der Waals surface area (Å²) in [7, 11) is 0. The van der Waals surface area contributed by atoms with Crippen molar-refractivity contribution in [1.82, 2.24) is 4.98 Å². The number of hydrogen-bond acceptors (Lipinski definition) is 0. The number of fused-ring (bicyclic) bond motifs is 3. The third kappa shape index (κ3) is 1.64. The molecule has 0 aromatic carbocycles. The Morgan fingerprint density at radius 2 is 1.67 bits per heavy atom. The summed E-state index contributed by atoms with van der Waals surface area (Å²) in [6, 6.07) is 0. The van der Waals surface area contributed by atoms with Crippen LogP contribution < -0.4 is 10.6 Å². The van der Waals surface area contributed by atoms with Gasteiger partial charge in [0.1, 0.15) is 0 Å². The number of rotatable bonds is 0. The number of aromatic amines is 1. The molecule has 0 spiro atoms. The van der Waals surface area contributed by atoms with Crippen molar-refractivity contribution in [2.75, 3.05) is 0 Å². The molecule has 1 nitrogen and oxygen atoms in total. The second-order valence-electron chi connectivity index (χ2n) is 4.81. The lowest BCUT2D eigenvalue weighted by Crippen LogP contribution is -2.27. The Bertz CT molecular complexity index is 464. The van der Waals surface area contributed by atoms with Crippen LogP contribution in [0.15, 0.2) is 0 Å². The molecule has 0 radical (unpaired) electrons. The first-order valence-corrected chi connectivity index (χ1v) is 6.35. The first-order chi connectivity index (χ1) is 7.45. The molecule has 1 aromatic rings. The van der Waals surface area contributed by atoms with E-state index in [1.165, 1.54) is 67.6 Å². The predicted molar refractivity (Wildman–Crippen MR) is 64.1 cm³/mol. The minimum Gasteiger partial charge on any atom is -0.358 e. The number of H-pyrrole nitrogens is 1. The van der Waals surface area contributed by atoms with Gasteiger partial charge in [-0.05, 0) is 49.3 Å². The highest BCUT2D eigenvalue weighted by Gasteiger charge is 2.11. The van der Waals surface area contributed by atoms with Crippen LogP contribution in [0.1, 0.15) is 49.8 Å². The van der Waals surface area contributed by atoms with E-state index in [4.69, 9.17) is 0 Å². The van der Waals surface area contributed by atoms with Crippen LogP contribution in [-0.2, 0) is 12.8 Å². The second kappa shape index (κ2) is 3.88. The van der Waals surface area contributed by atoms with Gasteiger partial charge in [-0.3, -0.25) is 0 Å². The maximum absolute atomic E-state index is 3.64. The van der Waals surface area contributed by atoms with E-state index in [0.29, 0.717) is 0 Å². The summed E-state index contributed by atoms with van der Waals surface area (Å²) < 4.78 is 0. The maximum atomic E-state index is 3.64. The molecule has 0 amide bonds. The zero-order valence-electron chi connectivity index (χ0n) is 9.31. The van der Waals surface area contributed by atoms with Crippen LogP contribution >= 0.6 is 0 Å². The third-order valence-electron chi connectivity index (χ3n) is 3.73. The Morgan fingerprint density at radius 1 is 0.867 bits per heavy atom. The van der Waals surface area contributed by atoms with E-state index in [0.717, 1.165) is 0 Å². The van der Waals surface area contributed by atoms with Crippen LogP contribution in [0.25, 0.3) is 12.2 Å². The Balaban J connectivity index is 2.15. The van der Waals surface area contributed by atoms with Crippen molar-refractivity contribution in [3.8, 4) is 0 Å². The quantitative estimate of drug-likeness (QED) is 0.661. The normalized spacial score (nSPS) is 20.3. The van der Waals surface area contributed by atoms with E-state index in [2.05, 4.69) is 17.1 Å². The predicted octanol–water partition coefficient (Wildman–Crippen LogP) is 2.03. The molecule has 0 fully saturated rings. The summed E-state index contributed by atoms with van der Waals surface area (Å²) in [5.41, 5.74) is 3.18. The Morgan fingerprint density at radius 3 is 2.60 bits per heavy atom. The summed E-state index contributed by atoms with van der Waals surface area (Å²) in [6.45, 7) is 0. The Kier molecular flexibility index (Phi) is 2.40. The number of nitrogens with one attached hydrogen (secondary N) is 1. The van der Waals surface area contributed by atoms with E-state index in [1.54, 1.807) is 5.56 Å². The molecule has 1 aromatic heterocycles. The fraction of sp³-hybridized carbons (Fsp3) is 0.571. The lowest BCUT2D eigenvalue weighted by molar-refractivity contribution is 0.612. The average molecular weight is 201 g/mol. The monoisotopic (exact) mass is 201 g/mol. The lowest BCUT2D eigenvalue weighted by atomic mass is 9.97. The van der Waals surface area contributed by atoms with Gasteiger partial charge in [-0.1, -0.05) is 25.0 Å². The highest BCUT2D eigenvalue weighted by atomic mass is 14.7. The van der Waals surface area contributed by atoms with Gasteiger partial charge in [-0.15, -0.1) is 0 Å². The van der Waals surface area contributed by atoms with Crippen molar-refractivity contribution in [2.45, 2.75) is 51.4 Å². The van der Waals surface area contributed by atoms with Gasteiger partial charge < -0.3 is 4.98 Å². The minimum absolute atomic E-state index is 1.21. The van der Waals surface area contributed by atoms with E-state index in [9.17, 15) is 0 Å². The molecule has 2 aliphatic rings. The number of hydrogen-bond donors (Lipinski definition) is 1. The number of aryl methyl sites for hydroxylation is 1. The molecule has 0 atom stereocenters. The van der Waals surface area contributed by atoms with Crippen molar-refractivity contribution in [2.24, 2.45) is 0 Å². The van der Waals surface area contributed by atoms with E-state index >= 15 is 0 Å². The van der Waals surface area contributed by atoms with E-state index in [1.807, 2.05) is 0 Å². The average Bonchev–Trinajstić information content (AvgIpc) is 2.55. The molecule has 1 N–H and O–H groups in total. The van der Waals surface area contributed by atoms with Gasteiger partial charge in [-0.25, -0.2) is 0 Å². The summed E-state index contributed by atoms with van der Waals surface area (Å²) in [5, 5.41) is 2.95. The molecule has 1 heterocycles. The summed E-state index contributed by atoms with van der Waals surface area (Å²) >= 11 is 0. The molecule has 0 saturated heterocycles. The van der Waals surface area contributed by atoms with Gasteiger partial charge in [0.05, 0.1) is 0 Å². The molecule has 1 heteroatoms. The van der Waals surface area contributed by atoms with Crippen molar-refractivity contribution < 1.29 is 0 Å². The largest absolute Gasteiger partial charge is 0.358 e. The van der Waals surface area contributed by atoms with Crippen LogP contribution in [0.2, 0.25) is 0 Å². The summed E-state index contributed by atoms with van der Waals surface area (Å²) in [5.74, 6) is 0. The lowest BCUT2D eigenvalue weighted by Gasteiger charge is -2.09. The van der Waals surface area contributed by atoms with Crippen molar-refractivity contribution in [3.63, 3.8) is 0 Å². The standard InChI is InChI=1S/C14H19N/c1-2-4-9-13-11(7-3-1)12-8-5-6-10-14(12)15-13/h8,10,15H,1-7,9H2. The first-order valence-electron chi connectivity index (χ1n) is 6.35. The highest BCUT2D eigenvalue weighted by Crippen LogP contribution is 2.15. The summed E-state index contributed by atoms with van der Waals surface area (Å²) in [6.07, 6.45) is 15.4. The van der Waals surface area contributed by atoms with Gasteiger partial charge in [-0.2, -0.15) is 0 Å². The van der Waals surface area contributed by atoms with Gasteiger partial charge in [0.15, 0.2) is 0 Å². The van der Waals surface area contributed by atoms with Gasteiger partial charge >= 0.3 is 0 Å². The van der Waals surface area contributed by atoms with Crippen molar-refractivity contribution in [3.05, 3.63) is 21.8 Å². The minimum atomic E-state index is 1.21. The molecule has 80 valence electrons. The molecule has 0 saturated carbocycles. The third-order valence-corrected chi connectivity index (χ3v) is 3.73.